The van der Waals surface area contributed by atoms with Crippen LogP contribution >= 0.6 is 15.9 Å². The fraction of sp³-hybridized carbons (Fsp3) is 0.222. The van der Waals surface area contributed by atoms with Crippen LogP contribution < -0.4 is 0 Å². The number of hydrogen-bond acceptors (Lipinski definition) is 3. The third-order valence-corrected chi connectivity index (χ3v) is 2.42. The Balaban J connectivity index is 3.58. The third kappa shape index (κ3) is 2.17. The van der Waals surface area contributed by atoms with Gasteiger partial charge in [0.15, 0.2) is 0 Å². The molecule has 0 aliphatic carbocycles. The van der Waals surface area contributed by atoms with Crippen molar-refractivity contribution in [1.29, 1.82) is 5.26 Å². The lowest BCUT2D eigenvalue weighted by Crippen LogP contribution is -2.08. The van der Waals surface area contributed by atoms with Gasteiger partial charge in [-0.25, -0.2) is 13.6 Å². The lowest BCUT2D eigenvalue weighted by Gasteiger charge is -2.09. The predicted octanol–water partition coefficient (Wildman–Crippen LogP) is 2.48. The van der Waals surface area contributed by atoms with Crippen molar-refractivity contribution in [3.8, 4) is 6.07 Å². The van der Waals surface area contributed by atoms with Gasteiger partial charge in [-0.15, -0.1) is 0 Å². The van der Waals surface area contributed by atoms with Gasteiger partial charge in [-0.1, -0.05) is 15.9 Å². The number of carbonyl (C=O) groups is 1. The number of nitrogens with zero attached hydrogens (tertiary/aromatic N) is 2. The second-order valence-electron chi connectivity index (χ2n) is 2.76. The Morgan fingerprint density at radius 2 is 2.31 bits per heavy atom. The monoisotopic (exact) mass is 290 g/mol. The summed E-state index contributed by atoms with van der Waals surface area (Å²) in [5.41, 5.74) is -1.70. The number of aromatic carboxylic acids is 1. The standard InChI is InChI=1S/C9H5BrF2N2O2/c10-1-6-7(8(11)12)4(2-13)5(3-14-6)9(15)16/h3,8H,1H2,(H,15,16). The molecule has 0 saturated carbocycles. The number of carboxylic acids is 1. The molecule has 0 amide bonds. The van der Waals surface area contributed by atoms with Gasteiger partial charge in [0.05, 0.1) is 22.4 Å². The van der Waals surface area contributed by atoms with Crippen molar-refractivity contribution in [3.05, 3.63) is 28.6 Å². The molecule has 0 bridgehead atoms. The van der Waals surface area contributed by atoms with Gasteiger partial charge in [-0.05, 0) is 0 Å². The molecule has 0 spiro atoms. The Morgan fingerprint density at radius 1 is 1.69 bits per heavy atom. The summed E-state index contributed by atoms with van der Waals surface area (Å²) in [6.45, 7) is 0. The molecule has 84 valence electrons. The molecular weight excluding hydrogens is 286 g/mol. The summed E-state index contributed by atoms with van der Waals surface area (Å²) >= 11 is 2.95. The summed E-state index contributed by atoms with van der Waals surface area (Å²) in [5.74, 6) is -1.45. The van der Waals surface area contributed by atoms with Crippen molar-refractivity contribution in [3.63, 3.8) is 0 Å². The lowest BCUT2D eigenvalue weighted by molar-refractivity contribution is 0.0695. The zero-order chi connectivity index (χ0) is 12.3. The molecule has 16 heavy (non-hydrogen) atoms. The largest absolute Gasteiger partial charge is 0.478 e. The first-order valence-corrected chi connectivity index (χ1v) is 5.14. The molecule has 1 N–H and O–H groups in total. The fourth-order valence-corrected chi connectivity index (χ4v) is 1.64. The van der Waals surface area contributed by atoms with Crippen LogP contribution in [0.3, 0.4) is 0 Å². The van der Waals surface area contributed by atoms with E-state index < -0.39 is 29.1 Å². The number of pyridine rings is 1. The average Bonchev–Trinajstić information content (AvgIpc) is 2.26. The highest BCUT2D eigenvalue weighted by atomic mass is 79.9. The van der Waals surface area contributed by atoms with Crippen LogP contribution in [0.15, 0.2) is 6.20 Å². The number of aromatic nitrogens is 1. The van der Waals surface area contributed by atoms with Crippen molar-refractivity contribution in [2.45, 2.75) is 11.8 Å². The molecule has 1 rings (SSSR count). The highest BCUT2D eigenvalue weighted by molar-refractivity contribution is 9.08. The molecule has 1 aromatic heterocycles. The predicted molar refractivity (Wildman–Crippen MR) is 53.5 cm³/mol. The molecule has 0 fully saturated rings. The number of alkyl halides is 3. The van der Waals surface area contributed by atoms with Gasteiger partial charge < -0.3 is 5.11 Å². The Labute approximate surface area is 97.7 Å². The van der Waals surface area contributed by atoms with Gasteiger partial charge >= 0.3 is 5.97 Å². The molecule has 0 radical (unpaired) electrons. The smallest absolute Gasteiger partial charge is 0.338 e. The van der Waals surface area contributed by atoms with Crippen molar-refractivity contribution in [2.24, 2.45) is 0 Å². The van der Waals surface area contributed by atoms with Crippen molar-refractivity contribution >= 4 is 21.9 Å². The maximum atomic E-state index is 12.7. The molecule has 1 aromatic rings. The van der Waals surface area contributed by atoms with E-state index in [1.165, 1.54) is 6.07 Å². The Kier molecular flexibility index (Phi) is 3.90. The number of rotatable bonds is 3. The first-order chi connectivity index (χ1) is 7.52. The number of halogens is 3. The van der Waals surface area contributed by atoms with Gasteiger partial charge in [-0.3, -0.25) is 4.98 Å². The fourth-order valence-electron chi connectivity index (χ4n) is 1.19. The lowest BCUT2D eigenvalue weighted by atomic mass is 10.0. The van der Waals surface area contributed by atoms with Crippen LogP contribution in [-0.4, -0.2) is 16.1 Å². The number of nitriles is 1. The summed E-state index contributed by atoms with van der Waals surface area (Å²) in [7, 11) is 0. The summed E-state index contributed by atoms with van der Waals surface area (Å²) in [4.78, 5) is 14.3. The molecule has 0 aromatic carbocycles. The maximum absolute atomic E-state index is 12.7. The maximum Gasteiger partial charge on any atom is 0.338 e. The minimum absolute atomic E-state index is 0.0290. The van der Waals surface area contributed by atoms with Crippen LogP contribution in [0.1, 0.15) is 33.6 Å². The van der Waals surface area contributed by atoms with E-state index in [0.29, 0.717) is 0 Å². The van der Waals surface area contributed by atoms with Crippen LogP contribution in [0.25, 0.3) is 0 Å². The average molecular weight is 291 g/mol. The normalized spacial score (nSPS) is 10.2. The second kappa shape index (κ2) is 4.99. The molecule has 7 heteroatoms. The van der Waals surface area contributed by atoms with Crippen molar-refractivity contribution < 1.29 is 18.7 Å². The SMILES string of the molecule is N#Cc1c(C(=O)O)cnc(CBr)c1C(F)F. The van der Waals surface area contributed by atoms with Crippen molar-refractivity contribution in [2.75, 3.05) is 0 Å². The van der Waals surface area contributed by atoms with Gasteiger partial charge in [0.1, 0.15) is 6.07 Å². The molecule has 4 nitrogen and oxygen atoms in total. The van der Waals surface area contributed by atoms with Crippen LogP contribution in [-0.2, 0) is 5.33 Å². The molecule has 0 aliphatic heterocycles. The van der Waals surface area contributed by atoms with Gasteiger partial charge in [-0.2, -0.15) is 5.26 Å². The highest BCUT2D eigenvalue weighted by Gasteiger charge is 2.24. The van der Waals surface area contributed by atoms with E-state index in [-0.39, 0.29) is 11.0 Å². The quantitative estimate of drug-likeness (QED) is 0.868. The van der Waals surface area contributed by atoms with E-state index in [2.05, 4.69) is 20.9 Å². The van der Waals surface area contributed by atoms with E-state index in [0.717, 1.165) is 6.20 Å². The first-order valence-electron chi connectivity index (χ1n) is 4.02. The topological polar surface area (TPSA) is 74.0 Å². The minimum atomic E-state index is -2.94. The minimum Gasteiger partial charge on any atom is -0.478 e. The molecule has 0 saturated heterocycles. The first kappa shape index (κ1) is 12.5. The zero-order valence-corrected chi connectivity index (χ0v) is 9.33. The zero-order valence-electron chi connectivity index (χ0n) is 7.75. The highest BCUT2D eigenvalue weighted by Crippen LogP contribution is 2.28. The van der Waals surface area contributed by atoms with Gasteiger partial charge in [0.25, 0.3) is 6.43 Å². The van der Waals surface area contributed by atoms with Crippen LogP contribution in [0.5, 0.6) is 0 Å². The molecule has 0 atom stereocenters. The molecule has 1 heterocycles. The van der Waals surface area contributed by atoms with E-state index in [9.17, 15) is 13.6 Å². The van der Waals surface area contributed by atoms with Crippen molar-refractivity contribution in [1.82, 2.24) is 4.98 Å². The molecular formula is C9H5BrF2N2O2. The molecule has 0 aliphatic rings. The van der Waals surface area contributed by atoms with E-state index in [4.69, 9.17) is 10.4 Å². The number of carboxylic acid groups (broad SMARTS) is 1. The van der Waals surface area contributed by atoms with Gasteiger partial charge in [0, 0.05) is 11.5 Å². The summed E-state index contributed by atoms with van der Waals surface area (Å²) in [6.07, 6.45) is -2.03. The Morgan fingerprint density at radius 3 is 2.69 bits per heavy atom. The summed E-state index contributed by atoms with van der Waals surface area (Å²) < 4.78 is 25.4. The summed E-state index contributed by atoms with van der Waals surface area (Å²) in [6, 6.07) is 1.48. The van der Waals surface area contributed by atoms with Gasteiger partial charge in [0.2, 0.25) is 0 Å². The molecule has 0 unspecified atom stereocenters. The van der Waals surface area contributed by atoms with E-state index >= 15 is 0 Å². The Hall–Kier alpha value is -1.55. The van der Waals surface area contributed by atoms with Crippen LogP contribution in [0.4, 0.5) is 8.78 Å². The van der Waals surface area contributed by atoms with Crippen LogP contribution in [0, 0.1) is 11.3 Å². The van der Waals surface area contributed by atoms with E-state index in [1.807, 2.05) is 0 Å². The van der Waals surface area contributed by atoms with E-state index in [1.54, 1.807) is 0 Å². The second-order valence-corrected chi connectivity index (χ2v) is 3.32. The number of hydrogen-bond donors (Lipinski definition) is 1. The third-order valence-electron chi connectivity index (χ3n) is 1.89. The summed E-state index contributed by atoms with van der Waals surface area (Å²) in [5, 5.41) is 17.5. The van der Waals surface area contributed by atoms with Crippen LogP contribution in [0.2, 0.25) is 0 Å². The Bertz CT molecular complexity index is 471.